The predicted molar refractivity (Wildman–Crippen MR) is 76.9 cm³/mol. The summed E-state index contributed by atoms with van der Waals surface area (Å²) in [5, 5.41) is 8.38. The van der Waals surface area contributed by atoms with Crippen molar-refractivity contribution in [2.45, 2.75) is 13.5 Å². The minimum absolute atomic E-state index is 0.235. The molecule has 0 aliphatic carbocycles. The van der Waals surface area contributed by atoms with Crippen molar-refractivity contribution in [3.63, 3.8) is 0 Å². The molecule has 18 heavy (non-hydrogen) atoms. The summed E-state index contributed by atoms with van der Waals surface area (Å²) in [4.78, 5) is 15.9. The molecule has 0 saturated heterocycles. The van der Waals surface area contributed by atoms with Crippen LogP contribution in [0.25, 0.3) is 0 Å². The van der Waals surface area contributed by atoms with E-state index in [4.69, 9.17) is 0 Å². The average molecular weight is 326 g/mol. The third kappa shape index (κ3) is 3.82. The van der Waals surface area contributed by atoms with Crippen molar-refractivity contribution >= 4 is 39.0 Å². The second-order valence-electron chi connectivity index (χ2n) is 3.70. The van der Waals surface area contributed by atoms with E-state index in [1.165, 1.54) is 11.3 Å². The van der Waals surface area contributed by atoms with Crippen LogP contribution in [0.3, 0.4) is 0 Å². The van der Waals surface area contributed by atoms with Gasteiger partial charge in [0.25, 0.3) is 0 Å². The average Bonchev–Trinajstić information content (AvgIpc) is 2.73. The molecule has 2 amide bonds. The number of halogens is 1. The number of hydrogen-bond donors (Lipinski definition) is 2. The molecule has 6 heteroatoms. The summed E-state index contributed by atoms with van der Waals surface area (Å²) in [5.74, 6) is 0. The molecule has 0 fully saturated rings. The zero-order valence-electron chi connectivity index (χ0n) is 9.74. The maximum absolute atomic E-state index is 11.6. The first-order valence-electron chi connectivity index (χ1n) is 5.35. The lowest BCUT2D eigenvalue weighted by Gasteiger charge is -2.06. The lowest BCUT2D eigenvalue weighted by molar-refractivity contribution is 0.251. The number of urea groups is 1. The van der Waals surface area contributed by atoms with Gasteiger partial charge < -0.3 is 10.6 Å². The van der Waals surface area contributed by atoms with Crippen molar-refractivity contribution in [3.05, 3.63) is 44.8 Å². The van der Waals surface area contributed by atoms with E-state index in [1.807, 2.05) is 36.6 Å². The van der Waals surface area contributed by atoms with Gasteiger partial charge in [-0.1, -0.05) is 22.0 Å². The van der Waals surface area contributed by atoms with E-state index in [1.54, 1.807) is 0 Å². The number of aromatic nitrogens is 1. The van der Waals surface area contributed by atoms with Crippen molar-refractivity contribution in [2.75, 3.05) is 5.32 Å². The Kier molecular flexibility index (Phi) is 4.33. The third-order valence-corrected chi connectivity index (χ3v) is 3.61. The number of carbonyl (C=O) groups is 1. The molecule has 0 saturated carbocycles. The quantitative estimate of drug-likeness (QED) is 0.906. The first-order valence-corrected chi connectivity index (χ1v) is 7.02. The van der Waals surface area contributed by atoms with Gasteiger partial charge in [0.05, 0.1) is 6.54 Å². The van der Waals surface area contributed by atoms with E-state index in [2.05, 4.69) is 31.5 Å². The van der Waals surface area contributed by atoms with E-state index in [-0.39, 0.29) is 6.03 Å². The monoisotopic (exact) mass is 325 g/mol. The van der Waals surface area contributed by atoms with Crippen LogP contribution in [-0.2, 0) is 6.54 Å². The van der Waals surface area contributed by atoms with Gasteiger partial charge in [-0.2, -0.15) is 0 Å². The largest absolute Gasteiger partial charge is 0.331 e. The first-order chi connectivity index (χ1) is 8.63. The van der Waals surface area contributed by atoms with Gasteiger partial charge in [0.1, 0.15) is 5.01 Å². The van der Waals surface area contributed by atoms with E-state index < -0.39 is 0 Å². The number of aryl methyl sites for hydroxylation is 1. The molecule has 4 nitrogen and oxygen atoms in total. The van der Waals surface area contributed by atoms with Gasteiger partial charge >= 0.3 is 6.03 Å². The normalized spacial score (nSPS) is 10.1. The van der Waals surface area contributed by atoms with Crippen LogP contribution in [0, 0.1) is 6.92 Å². The molecule has 0 aliphatic heterocycles. The molecule has 0 unspecified atom stereocenters. The van der Waals surface area contributed by atoms with Crippen LogP contribution in [-0.4, -0.2) is 11.0 Å². The number of thiazole rings is 1. The molecule has 1 aromatic carbocycles. The zero-order chi connectivity index (χ0) is 13.0. The Balaban J connectivity index is 1.85. The van der Waals surface area contributed by atoms with Crippen molar-refractivity contribution in [1.82, 2.24) is 10.3 Å². The number of hydrogen-bond acceptors (Lipinski definition) is 3. The Morgan fingerprint density at radius 1 is 1.50 bits per heavy atom. The van der Waals surface area contributed by atoms with E-state index in [0.717, 1.165) is 20.9 Å². The first kappa shape index (κ1) is 13.0. The second-order valence-corrected chi connectivity index (χ2v) is 5.56. The number of amides is 2. The van der Waals surface area contributed by atoms with E-state index >= 15 is 0 Å². The van der Waals surface area contributed by atoms with Crippen LogP contribution in [0.1, 0.15) is 10.7 Å². The number of anilines is 1. The van der Waals surface area contributed by atoms with E-state index in [0.29, 0.717) is 6.54 Å². The third-order valence-electron chi connectivity index (χ3n) is 2.15. The summed E-state index contributed by atoms with van der Waals surface area (Å²) in [6, 6.07) is 7.21. The molecule has 94 valence electrons. The molecule has 1 aromatic heterocycles. The highest BCUT2D eigenvalue weighted by molar-refractivity contribution is 9.10. The molecular formula is C12H12BrN3OS. The van der Waals surface area contributed by atoms with Crippen LogP contribution >= 0.6 is 27.3 Å². The van der Waals surface area contributed by atoms with Gasteiger partial charge in [-0.15, -0.1) is 11.3 Å². The van der Waals surface area contributed by atoms with Crippen LogP contribution < -0.4 is 10.6 Å². The number of nitrogens with zero attached hydrogens (tertiary/aromatic N) is 1. The lowest BCUT2D eigenvalue weighted by atomic mass is 10.3. The molecular weight excluding hydrogens is 314 g/mol. The van der Waals surface area contributed by atoms with Crippen molar-refractivity contribution < 1.29 is 4.79 Å². The summed E-state index contributed by atoms with van der Waals surface area (Å²) < 4.78 is 0.927. The summed E-state index contributed by atoms with van der Waals surface area (Å²) in [7, 11) is 0. The lowest BCUT2D eigenvalue weighted by Crippen LogP contribution is -2.28. The van der Waals surface area contributed by atoms with Crippen LogP contribution in [0.4, 0.5) is 10.5 Å². The fourth-order valence-corrected chi connectivity index (χ4v) is 2.49. The molecule has 0 atom stereocenters. The second kappa shape index (κ2) is 5.97. The number of nitrogens with one attached hydrogen (secondary N) is 2. The molecule has 2 aromatic rings. The van der Waals surface area contributed by atoms with Crippen LogP contribution in [0.15, 0.2) is 34.1 Å². The molecule has 1 heterocycles. The Hall–Kier alpha value is -1.40. The highest BCUT2D eigenvalue weighted by atomic mass is 79.9. The van der Waals surface area contributed by atoms with Gasteiger partial charge in [-0.3, -0.25) is 0 Å². The highest BCUT2D eigenvalue weighted by Crippen LogP contribution is 2.15. The fraction of sp³-hybridized carbons (Fsp3) is 0.167. The van der Waals surface area contributed by atoms with Gasteiger partial charge in [0.15, 0.2) is 0 Å². The molecule has 0 aliphatic rings. The molecule has 2 rings (SSSR count). The Morgan fingerprint density at radius 3 is 3.00 bits per heavy atom. The SMILES string of the molecule is Cc1csc(CNC(=O)Nc2cccc(Br)c2)n1. The van der Waals surface area contributed by atoms with Gasteiger partial charge in [-0.25, -0.2) is 9.78 Å². The molecule has 0 bridgehead atoms. The Bertz CT molecular complexity index is 556. The maximum Gasteiger partial charge on any atom is 0.319 e. The topological polar surface area (TPSA) is 54.0 Å². The van der Waals surface area contributed by atoms with Crippen LogP contribution in [0.5, 0.6) is 0 Å². The zero-order valence-corrected chi connectivity index (χ0v) is 12.1. The molecule has 0 spiro atoms. The molecule has 2 N–H and O–H groups in total. The minimum Gasteiger partial charge on any atom is -0.331 e. The van der Waals surface area contributed by atoms with Crippen molar-refractivity contribution in [2.24, 2.45) is 0 Å². The highest BCUT2D eigenvalue weighted by Gasteiger charge is 2.03. The van der Waals surface area contributed by atoms with Gasteiger partial charge in [0.2, 0.25) is 0 Å². The molecule has 0 radical (unpaired) electrons. The fourth-order valence-electron chi connectivity index (χ4n) is 1.38. The van der Waals surface area contributed by atoms with Gasteiger partial charge in [-0.05, 0) is 25.1 Å². The summed E-state index contributed by atoms with van der Waals surface area (Å²) in [6.07, 6.45) is 0. The van der Waals surface area contributed by atoms with E-state index in [9.17, 15) is 4.79 Å². The number of carbonyl (C=O) groups excluding carboxylic acids is 1. The summed E-state index contributed by atoms with van der Waals surface area (Å²) >= 11 is 4.89. The summed E-state index contributed by atoms with van der Waals surface area (Å²) in [5.41, 5.74) is 1.72. The number of benzene rings is 1. The van der Waals surface area contributed by atoms with Crippen molar-refractivity contribution in [3.8, 4) is 0 Å². The predicted octanol–water partition coefficient (Wildman–Crippen LogP) is 3.54. The Morgan fingerprint density at radius 2 is 2.33 bits per heavy atom. The summed E-state index contributed by atoms with van der Waals surface area (Å²) in [6.45, 7) is 2.37. The number of rotatable bonds is 3. The Labute approximate surface area is 118 Å². The van der Waals surface area contributed by atoms with Crippen LogP contribution in [0.2, 0.25) is 0 Å². The minimum atomic E-state index is -0.235. The van der Waals surface area contributed by atoms with Crippen molar-refractivity contribution in [1.29, 1.82) is 0 Å². The van der Waals surface area contributed by atoms with Gasteiger partial charge in [0, 0.05) is 21.2 Å². The smallest absolute Gasteiger partial charge is 0.319 e. The standard InChI is InChI=1S/C12H12BrN3OS/c1-8-7-18-11(15-8)6-14-12(17)16-10-4-2-3-9(13)5-10/h2-5,7H,6H2,1H3,(H2,14,16,17). The maximum atomic E-state index is 11.6.